The number of piperidine rings is 1. The van der Waals surface area contributed by atoms with Crippen LogP contribution in [-0.4, -0.2) is 33.0 Å². The number of nitrogens with one attached hydrogen (secondary N) is 3. The Labute approximate surface area is 150 Å². The maximum Gasteiger partial charge on any atom is 0.241 e. The van der Waals surface area contributed by atoms with Gasteiger partial charge in [-0.2, -0.15) is 0 Å². The molecule has 1 amide bonds. The quantitative estimate of drug-likeness (QED) is 0.752. The number of rotatable bonds is 4. The van der Waals surface area contributed by atoms with Crippen molar-refractivity contribution in [3.8, 4) is 0 Å². The lowest BCUT2D eigenvalue weighted by molar-refractivity contribution is -0.120. The van der Waals surface area contributed by atoms with Crippen LogP contribution in [0.1, 0.15) is 33.6 Å². The summed E-state index contributed by atoms with van der Waals surface area (Å²) < 4.78 is 27.3. The molecule has 1 saturated heterocycles. The summed E-state index contributed by atoms with van der Waals surface area (Å²) >= 11 is 0. The van der Waals surface area contributed by atoms with E-state index in [1.165, 1.54) is 12.1 Å². The second kappa shape index (κ2) is 8.29. The molecule has 1 aliphatic rings. The van der Waals surface area contributed by atoms with Gasteiger partial charge in [-0.1, -0.05) is 6.07 Å². The molecule has 1 unspecified atom stereocenters. The van der Waals surface area contributed by atoms with Gasteiger partial charge in [0, 0.05) is 17.8 Å². The Kier molecular flexibility index (Phi) is 7.22. The Morgan fingerprint density at radius 3 is 2.58 bits per heavy atom. The molecular weight excluding hydrogens is 350 g/mol. The number of carbonyl (C=O) groups excluding carboxylic acids is 1. The predicted molar refractivity (Wildman–Crippen MR) is 98.0 cm³/mol. The zero-order chi connectivity index (χ0) is 17.1. The van der Waals surface area contributed by atoms with Crippen molar-refractivity contribution in [2.24, 2.45) is 5.92 Å². The van der Waals surface area contributed by atoms with Crippen molar-refractivity contribution < 1.29 is 13.2 Å². The van der Waals surface area contributed by atoms with Crippen LogP contribution in [0.4, 0.5) is 5.69 Å². The molecule has 0 bridgehead atoms. The molecule has 1 aromatic carbocycles. The van der Waals surface area contributed by atoms with Gasteiger partial charge in [0.1, 0.15) is 0 Å². The van der Waals surface area contributed by atoms with E-state index in [2.05, 4.69) is 15.4 Å². The van der Waals surface area contributed by atoms with Crippen molar-refractivity contribution in [3.05, 3.63) is 24.3 Å². The summed E-state index contributed by atoms with van der Waals surface area (Å²) in [6.45, 7) is 6.95. The maximum atomic E-state index is 12.4. The predicted octanol–water partition coefficient (Wildman–Crippen LogP) is 2.12. The van der Waals surface area contributed by atoms with Crippen molar-refractivity contribution in [1.82, 2.24) is 10.0 Å². The molecule has 136 valence electrons. The van der Waals surface area contributed by atoms with Crippen molar-refractivity contribution in [2.45, 2.75) is 44.0 Å². The Balaban J connectivity index is 0.00000288. The van der Waals surface area contributed by atoms with Crippen LogP contribution in [0.3, 0.4) is 0 Å². The van der Waals surface area contributed by atoms with Crippen LogP contribution in [0.5, 0.6) is 0 Å². The Morgan fingerprint density at radius 2 is 2.00 bits per heavy atom. The first-order valence-electron chi connectivity index (χ1n) is 7.83. The van der Waals surface area contributed by atoms with Gasteiger partial charge in [0.15, 0.2) is 0 Å². The summed E-state index contributed by atoms with van der Waals surface area (Å²) in [5.74, 6) is -0.146. The number of anilines is 1. The van der Waals surface area contributed by atoms with E-state index in [1.54, 1.807) is 32.9 Å². The van der Waals surface area contributed by atoms with Gasteiger partial charge >= 0.3 is 0 Å². The molecule has 0 spiro atoms. The summed E-state index contributed by atoms with van der Waals surface area (Å²) in [6.07, 6.45) is 1.82. The molecule has 24 heavy (non-hydrogen) atoms. The van der Waals surface area contributed by atoms with Gasteiger partial charge in [-0.15, -0.1) is 12.4 Å². The fourth-order valence-electron chi connectivity index (χ4n) is 2.52. The van der Waals surface area contributed by atoms with Crippen molar-refractivity contribution in [2.75, 3.05) is 18.4 Å². The molecular formula is C16H26ClN3O3S. The van der Waals surface area contributed by atoms with E-state index in [4.69, 9.17) is 0 Å². The normalized spacial score (nSPS) is 18.5. The van der Waals surface area contributed by atoms with Crippen LogP contribution < -0.4 is 15.4 Å². The molecule has 0 radical (unpaired) electrons. The lowest BCUT2D eigenvalue weighted by atomic mass is 9.99. The second-order valence-corrected chi connectivity index (χ2v) is 8.60. The van der Waals surface area contributed by atoms with E-state index in [-0.39, 0.29) is 29.1 Å². The van der Waals surface area contributed by atoms with Crippen LogP contribution in [0.15, 0.2) is 29.2 Å². The van der Waals surface area contributed by atoms with Crippen LogP contribution >= 0.6 is 12.4 Å². The summed E-state index contributed by atoms with van der Waals surface area (Å²) in [4.78, 5) is 12.4. The maximum absolute atomic E-state index is 12.4. The van der Waals surface area contributed by atoms with Crippen LogP contribution in [-0.2, 0) is 14.8 Å². The average Bonchev–Trinajstić information content (AvgIpc) is 2.46. The highest BCUT2D eigenvalue weighted by Crippen LogP contribution is 2.19. The van der Waals surface area contributed by atoms with Crippen molar-refractivity contribution in [3.63, 3.8) is 0 Å². The second-order valence-electron chi connectivity index (χ2n) is 6.92. The minimum atomic E-state index is -3.61. The molecule has 1 atom stereocenters. The Bertz CT molecular complexity index is 665. The number of sulfonamides is 1. The smallest absolute Gasteiger partial charge is 0.241 e. The van der Waals surface area contributed by atoms with Crippen LogP contribution in [0.2, 0.25) is 0 Å². The first-order valence-corrected chi connectivity index (χ1v) is 9.31. The SMILES string of the molecule is CC(C)(C)NS(=O)(=O)c1cccc(NC(=O)C2CCCNC2)c1.Cl. The summed E-state index contributed by atoms with van der Waals surface area (Å²) in [6, 6.07) is 6.34. The third-order valence-corrected chi connectivity index (χ3v) is 5.28. The molecule has 0 aromatic heterocycles. The highest BCUT2D eigenvalue weighted by Gasteiger charge is 2.23. The van der Waals surface area contributed by atoms with Gasteiger partial charge in [-0.3, -0.25) is 4.79 Å². The average molecular weight is 376 g/mol. The van der Waals surface area contributed by atoms with Gasteiger partial charge in [0.2, 0.25) is 15.9 Å². The molecule has 1 heterocycles. The van der Waals surface area contributed by atoms with Crippen molar-refractivity contribution >= 4 is 34.0 Å². The number of amides is 1. The number of hydrogen-bond acceptors (Lipinski definition) is 4. The monoisotopic (exact) mass is 375 g/mol. The zero-order valence-electron chi connectivity index (χ0n) is 14.3. The van der Waals surface area contributed by atoms with Crippen molar-refractivity contribution in [1.29, 1.82) is 0 Å². The lowest BCUT2D eigenvalue weighted by Crippen LogP contribution is -2.40. The molecule has 6 nitrogen and oxygen atoms in total. The number of carbonyl (C=O) groups is 1. The van der Waals surface area contributed by atoms with E-state index in [0.29, 0.717) is 12.2 Å². The van der Waals surface area contributed by atoms with Crippen LogP contribution in [0.25, 0.3) is 0 Å². The molecule has 0 saturated carbocycles. The largest absolute Gasteiger partial charge is 0.326 e. The third kappa shape index (κ3) is 6.05. The molecule has 3 N–H and O–H groups in total. The number of halogens is 1. The fraction of sp³-hybridized carbons (Fsp3) is 0.562. The van der Waals surface area contributed by atoms with Crippen LogP contribution in [0, 0.1) is 5.92 Å². The van der Waals surface area contributed by atoms with E-state index in [0.717, 1.165) is 19.4 Å². The fourth-order valence-corrected chi connectivity index (χ4v) is 3.99. The molecule has 8 heteroatoms. The Hall–Kier alpha value is -1.15. The highest BCUT2D eigenvalue weighted by molar-refractivity contribution is 7.89. The first-order chi connectivity index (χ1) is 10.7. The van der Waals surface area contributed by atoms with Gasteiger partial charge in [0.05, 0.1) is 10.8 Å². The van der Waals surface area contributed by atoms with Gasteiger partial charge in [0.25, 0.3) is 0 Å². The highest BCUT2D eigenvalue weighted by atomic mass is 35.5. The first kappa shape index (κ1) is 20.9. The number of benzene rings is 1. The molecule has 1 aromatic rings. The summed E-state index contributed by atoms with van der Waals surface area (Å²) in [5, 5.41) is 6.01. The third-order valence-electron chi connectivity index (χ3n) is 3.52. The van der Waals surface area contributed by atoms with Gasteiger partial charge in [-0.05, 0) is 58.4 Å². The molecule has 2 rings (SSSR count). The molecule has 1 aliphatic heterocycles. The van der Waals surface area contributed by atoms with E-state index in [1.807, 2.05) is 0 Å². The number of hydrogen-bond donors (Lipinski definition) is 3. The summed E-state index contributed by atoms with van der Waals surface area (Å²) in [7, 11) is -3.61. The minimum absolute atomic E-state index is 0. The molecule has 1 fully saturated rings. The lowest BCUT2D eigenvalue weighted by Gasteiger charge is -2.22. The minimum Gasteiger partial charge on any atom is -0.326 e. The topological polar surface area (TPSA) is 87.3 Å². The van der Waals surface area contributed by atoms with Gasteiger partial charge < -0.3 is 10.6 Å². The summed E-state index contributed by atoms with van der Waals surface area (Å²) in [5.41, 5.74) is -0.0661. The Morgan fingerprint density at radius 1 is 1.29 bits per heavy atom. The van der Waals surface area contributed by atoms with Gasteiger partial charge in [-0.25, -0.2) is 13.1 Å². The zero-order valence-corrected chi connectivity index (χ0v) is 15.9. The van der Waals surface area contributed by atoms with E-state index < -0.39 is 15.6 Å². The van der Waals surface area contributed by atoms with E-state index >= 15 is 0 Å². The standard InChI is InChI=1S/C16H25N3O3S.ClH/c1-16(2,3)19-23(21,22)14-8-4-7-13(10-14)18-15(20)12-6-5-9-17-11-12;/h4,7-8,10,12,17,19H,5-6,9,11H2,1-3H3,(H,18,20);1H. The molecule has 0 aliphatic carbocycles. The van der Waals surface area contributed by atoms with E-state index in [9.17, 15) is 13.2 Å².